The van der Waals surface area contributed by atoms with Crippen molar-refractivity contribution in [1.82, 2.24) is 19.5 Å². The molecule has 3 rings (SSSR count). The number of hydrogen-bond donors (Lipinski definition) is 1. The number of pyridine rings is 1. The van der Waals surface area contributed by atoms with Crippen LogP contribution < -0.4 is 10.6 Å². The first-order valence-corrected chi connectivity index (χ1v) is 8.15. The molecule has 0 aliphatic rings. The number of halogens is 2. The zero-order valence-corrected chi connectivity index (χ0v) is 15.4. The molecule has 6 nitrogen and oxygen atoms in total. The fourth-order valence-electron chi connectivity index (χ4n) is 2.67. The van der Waals surface area contributed by atoms with E-state index in [-0.39, 0.29) is 5.95 Å². The van der Waals surface area contributed by atoms with E-state index in [2.05, 4.69) is 15.0 Å². The molecule has 0 saturated carbocycles. The highest BCUT2D eigenvalue weighted by Crippen LogP contribution is 2.33. The van der Waals surface area contributed by atoms with Gasteiger partial charge in [0.25, 0.3) is 0 Å². The van der Waals surface area contributed by atoms with Gasteiger partial charge in [0.1, 0.15) is 10.8 Å². The van der Waals surface area contributed by atoms with Crippen molar-refractivity contribution in [2.75, 3.05) is 24.7 Å². The summed E-state index contributed by atoms with van der Waals surface area (Å²) >= 11 is 12.6. The van der Waals surface area contributed by atoms with Gasteiger partial charge in [-0.2, -0.15) is 4.98 Å². The average molecular weight is 365 g/mol. The van der Waals surface area contributed by atoms with Crippen LogP contribution in [0.25, 0.3) is 11.0 Å². The maximum absolute atomic E-state index is 6.35. The number of nitrogens with zero attached hydrogens (tertiary/aromatic N) is 5. The molecular weight excluding hydrogens is 347 g/mol. The summed E-state index contributed by atoms with van der Waals surface area (Å²) < 4.78 is 1.97. The van der Waals surface area contributed by atoms with Gasteiger partial charge < -0.3 is 15.2 Å². The SMILES string of the molecule is Cc1cnc(Cn2cc(N(C)C)c3c(Cl)nc(N)nc32)c(C)c1Cl. The molecule has 126 valence electrons. The average Bonchev–Trinajstić information content (AvgIpc) is 2.87. The van der Waals surface area contributed by atoms with Crippen LogP contribution in [0.2, 0.25) is 10.2 Å². The quantitative estimate of drug-likeness (QED) is 0.720. The predicted molar refractivity (Wildman–Crippen MR) is 99.1 cm³/mol. The minimum atomic E-state index is 0.142. The van der Waals surface area contributed by atoms with Crippen molar-refractivity contribution >= 4 is 45.9 Å². The van der Waals surface area contributed by atoms with Gasteiger partial charge in [-0.25, -0.2) is 4.98 Å². The van der Waals surface area contributed by atoms with Crippen LogP contribution in [0.4, 0.5) is 11.6 Å². The summed E-state index contributed by atoms with van der Waals surface area (Å²) in [5.41, 5.74) is 10.2. The zero-order chi connectivity index (χ0) is 17.6. The molecule has 24 heavy (non-hydrogen) atoms. The first kappa shape index (κ1) is 16.8. The Labute approximate surface area is 150 Å². The molecule has 0 aliphatic carbocycles. The molecule has 0 atom stereocenters. The maximum atomic E-state index is 6.35. The first-order valence-electron chi connectivity index (χ1n) is 7.39. The molecule has 0 aliphatic heterocycles. The molecule has 0 unspecified atom stereocenters. The summed E-state index contributed by atoms with van der Waals surface area (Å²) in [6.45, 7) is 4.42. The van der Waals surface area contributed by atoms with Gasteiger partial charge in [-0.05, 0) is 25.0 Å². The van der Waals surface area contributed by atoms with Gasteiger partial charge in [-0.15, -0.1) is 0 Å². The Kier molecular flexibility index (Phi) is 4.27. The second-order valence-corrected chi connectivity index (χ2v) is 6.67. The fraction of sp³-hybridized carbons (Fsp3) is 0.312. The van der Waals surface area contributed by atoms with Gasteiger partial charge in [0.15, 0.2) is 0 Å². The highest BCUT2D eigenvalue weighted by atomic mass is 35.5. The van der Waals surface area contributed by atoms with Gasteiger partial charge in [-0.3, -0.25) is 4.98 Å². The Morgan fingerprint density at radius 1 is 1.21 bits per heavy atom. The van der Waals surface area contributed by atoms with Gasteiger partial charge >= 0.3 is 0 Å². The van der Waals surface area contributed by atoms with Crippen LogP contribution in [0, 0.1) is 13.8 Å². The number of nitrogens with two attached hydrogens (primary N) is 1. The Morgan fingerprint density at radius 3 is 2.58 bits per heavy atom. The molecule has 3 aromatic rings. The van der Waals surface area contributed by atoms with E-state index in [0.717, 1.165) is 32.9 Å². The van der Waals surface area contributed by atoms with E-state index in [1.807, 2.05) is 43.6 Å². The fourth-order valence-corrected chi connectivity index (χ4v) is 3.10. The Morgan fingerprint density at radius 2 is 1.92 bits per heavy atom. The van der Waals surface area contributed by atoms with Crippen molar-refractivity contribution in [1.29, 1.82) is 0 Å². The first-order chi connectivity index (χ1) is 11.3. The molecule has 3 heterocycles. The van der Waals surface area contributed by atoms with Crippen LogP contribution in [0.15, 0.2) is 12.4 Å². The summed E-state index contributed by atoms with van der Waals surface area (Å²) in [5, 5.41) is 1.84. The number of hydrogen-bond acceptors (Lipinski definition) is 5. The number of fused-ring (bicyclic) bond motifs is 1. The van der Waals surface area contributed by atoms with E-state index in [1.54, 1.807) is 6.20 Å². The molecule has 3 aromatic heterocycles. The van der Waals surface area contributed by atoms with E-state index in [1.165, 1.54) is 0 Å². The summed E-state index contributed by atoms with van der Waals surface area (Å²) in [6.07, 6.45) is 3.75. The third-order valence-electron chi connectivity index (χ3n) is 3.99. The van der Waals surface area contributed by atoms with Crippen molar-refractivity contribution in [2.45, 2.75) is 20.4 Å². The number of aryl methyl sites for hydroxylation is 1. The van der Waals surface area contributed by atoms with Crippen molar-refractivity contribution in [3.63, 3.8) is 0 Å². The van der Waals surface area contributed by atoms with E-state index in [4.69, 9.17) is 28.9 Å². The standard InChI is InChI=1S/C16H18Cl2N6/c1-8-5-20-10(9(2)13(8)17)6-24-7-11(23(3)4)12-14(18)21-16(19)22-15(12)24/h5,7H,6H2,1-4H3,(H2,19,21,22). The van der Waals surface area contributed by atoms with Crippen LogP contribution in [-0.2, 0) is 6.54 Å². The lowest BCUT2D eigenvalue weighted by Gasteiger charge is -2.11. The summed E-state index contributed by atoms with van der Waals surface area (Å²) in [5.74, 6) is 0.142. The molecule has 0 aromatic carbocycles. The normalized spacial score (nSPS) is 11.2. The molecule has 0 amide bonds. The zero-order valence-electron chi connectivity index (χ0n) is 13.9. The molecule has 0 spiro atoms. The molecule has 0 saturated heterocycles. The van der Waals surface area contributed by atoms with Gasteiger partial charge in [0.2, 0.25) is 5.95 Å². The van der Waals surface area contributed by atoms with Crippen LogP contribution in [0.3, 0.4) is 0 Å². The largest absolute Gasteiger partial charge is 0.376 e. The number of anilines is 2. The number of aromatic nitrogens is 4. The van der Waals surface area contributed by atoms with Crippen LogP contribution in [-0.4, -0.2) is 33.6 Å². The molecule has 0 bridgehead atoms. The van der Waals surface area contributed by atoms with E-state index < -0.39 is 0 Å². The van der Waals surface area contributed by atoms with Gasteiger partial charge in [0.05, 0.1) is 23.3 Å². The molecule has 2 N–H and O–H groups in total. The summed E-state index contributed by atoms with van der Waals surface area (Å²) in [7, 11) is 3.89. The summed E-state index contributed by atoms with van der Waals surface area (Å²) in [6, 6.07) is 0. The predicted octanol–water partition coefficient (Wildman–Crippen LogP) is 3.45. The van der Waals surface area contributed by atoms with Crippen molar-refractivity contribution in [2.24, 2.45) is 0 Å². The van der Waals surface area contributed by atoms with Crippen molar-refractivity contribution in [3.05, 3.63) is 39.4 Å². The molecular formula is C16H18Cl2N6. The van der Waals surface area contributed by atoms with E-state index >= 15 is 0 Å². The monoisotopic (exact) mass is 364 g/mol. The Hall–Kier alpha value is -2.05. The lowest BCUT2D eigenvalue weighted by Crippen LogP contribution is -2.08. The third-order valence-corrected chi connectivity index (χ3v) is 4.85. The van der Waals surface area contributed by atoms with Crippen molar-refractivity contribution < 1.29 is 0 Å². The maximum Gasteiger partial charge on any atom is 0.223 e. The smallest absolute Gasteiger partial charge is 0.223 e. The molecule has 8 heteroatoms. The van der Waals surface area contributed by atoms with Crippen LogP contribution in [0.5, 0.6) is 0 Å². The number of rotatable bonds is 3. The highest BCUT2D eigenvalue weighted by molar-refractivity contribution is 6.35. The Balaban J connectivity index is 2.19. The van der Waals surface area contributed by atoms with Gasteiger partial charge in [-0.1, -0.05) is 23.2 Å². The molecule has 0 radical (unpaired) electrons. The Bertz CT molecular complexity index is 932. The topological polar surface area (TPSA) is 72.9 Å². The second-order valence-electron chi connectivity index (χ2n) is 5.93. The second kappa shape index (κ2) is 6.11. The van der Waals surface area contributed by atoms with Gasteiger partial charge in [0, 0.05) is 31.5 Å². The van der Waals surface area contributed by atoms with Crippen LogP contribution >= 0.6 is 23.2 Å². The minimum Gasteiger partial charge on any atom is -0.376 e. The molecule has 0 fully saturated rings. The third kappa shape index (κ3) is 2.76. The summed E-state index contributed by atoms with van der Waals surface area (Å²) in [4.78, 5) is 14.9. The number of nitrogen functional groups attached to an aromatic ring is 1. The van der Waals surface area contributed by atoms with Crippen molar-refractivity contribution in [3.8, 4) is 0 Å². The minimum absolute atomic E-state index is 0.142. The lowest BCUT2D eigenvalue weighted by molar-refractivity contribution is 0.788. The van der Waals surface area contributed by atoms with E-state index in [9.17, 15) is 0 Å². The highest BCUT2D eigenvalue weighted by Gasteiger charge is 2.18. The van der Waals surface area contributed by atoms with Crippen LogP contribution in [0.1, 0.15) is 16.8 Å². The lowest BCUT2D eigenvalue weighted by atomic mass is 10.1. The van der Waals surface area contributed by atoms with E-state index in [0.29, 0.717) is 17.3 Å².